The molecule has 0 radical (unpaired) electrons. The lowest BCUT2D eigenvalue weighted by molar-refractivity contribution is -0.140. The van der Waals surface area contributed by atoms with Gasteiger partial charge in [0.05, 0.1) is 11.9 Å². The fourth-order valence-electron chi connectivity index (χ4n) is 3.96. The molecule has 1 atom stereocenters. The topological polar surface area (TPSA) is 105 Å². The molecule has 0 aliphatic carbocycles. The molecule has 0 unspecified atom stereocenters. The van der Waals surface area contributed by atoms with Crippen LogP contribution in [0.4, 0.5) is 5.69 Å². The van der Waals surface area contributed by atoms with Gasteiger partial charge in [0.25, 0.3) is 0 Å². The number of benzene rings is 2. The lowest BCUT2D eigenvalue weighted by Crippen LogP contribution is -2.49. The Bertz CT molecular complexity index is 1150. The Morgan fingerprint density at radius 3 is 2.31 bits per heavy atom. The number of rotatable bonds is 11. The van der Waals surface area contributed by atoms with E-state index >= 15 is 0 Å². The standard InChI is InChI=1S/C26H35N3O6S/c1-19(2)27-26(31)20(3)28(18-21-9-6-5-7-10-21)25(30)11-8-14-29(36(4,32)33)22-12-13-23-24(17-22)35-16-15-34-23/h5-7,9-10,12-13,17,19-20H,8,11,14-16,18H2,1-4H3,(H,27,31)/t20-/m1/s1. The van der Waals surface area contributed by atoms with Crippen LogP contribution in [0.15, 0.2) is 48.5 Å². The van der Waals surface area contributed by atoms with Crippen molar-refractivity contribution in [2.45, 2.75) is 52.2 Å². The first kappa shape index (κ1) is 27.3. The van der Waals surface area contributed by atoms with Gasteiger partial charge >= 0.3 is 0 Å². The van der Waals surface area contributed by atoms with Crippen LogP contribution in [0.3, 0.4) is 0 Å². The number of hydrogen-bond acceptors (Lipinski definition) is 6. The van der Waals surface area contributed by atoms with E-state index in [1.54, 1.807) is 30.0 Å². The van der Waals surface area contributed by atoms with Crippen molar-refractivity contribution >= 4 is 27.5 Å². The molecular formula is C26H35N3O6S. The number of amides is 2. The largest absolute Gasteiger partial charge is 0.486 e. The summed E-state index contributed by atoms with van der Waals surface area (Å²) >= 11 is 0. The predicted octanol–water partition coefficient (Wildman–Crippen LogP) is 2.95. The smallest absolute Gasteiger partial charge is 0.242 e. The van der Waals surface area contributed by atoms with Gasteiger partial charge in [0.1, 0.15) is 19.3 Å². The second-order valence-electron chi connectivity index (χ2n) is 9.11. The van der Waals surface area contributed by atoms with Gasteiger partial charge in [-0.25, -0.2) is 8.42 Å². The Morgan fingerprint density at radius 1 is 1.00 bits per heavy atom. The maximum Gasteiger partial charge on any atom is 0.242 e. The molecule has 3 rings (SSSR count). The van der Waals surface area contributed by atoms with Gasteiger partial charge in [0.15, 0.2) is 11.5 Å². The lowest BCUT2D eigenvalue weighted by atomic mass is 10.1. The number of carbonyl (C=O) groups is 2. The normalized spacial score (nSPS) is 13.7. The quantitative estimate of drug-likeness (QED) is 0.491. The molecule has 2 aromatic carbocycles. The maximum absolute atomic E-state index is 13.3. The Kier molecular flexibility index (Phi) is 9.19. The molecule has 1 heterocycles. The van der Waals surface area contributed by atoms with Crippen molar-refractivity contribution in [1.29, 1.82) is 0 Å². The molecule has 1 aliphatic rings. The average molecular weight is 518 g/mol. The van der Waals surface area contributed by atoms with E-state index in [9.17, 15) is 18.0 Å². The third-order valence-corrected chi connectivity index (χ3v) is 6.95. The monoisotopic (exact) mass is 517 g/mol. The highest BCUT2D eigenvalue weighted by atomic mass is 32.2. The summed E-state index contributed by atoms with van der Waals surface area (Å²) in [5, 5.41) is 2.86. The molecule has 2 aromatic rings. The van der Waals surface area contributed by atoms with E-state index in [0.29, 0.717) is 30.4 Å². The number of fused-ring (bicyclic) bond motifs is 1. The molecule has 0 saturated carbocycles. The summed E-state index contributed by atoms with van der Waals surface area (Å²) in [6.07, 6.45) is 1.50. The zero-order valence-electron chi connectivity index (χ0n) is 21.3. The zero-order valence-corrected chi connectivity index (χ0v) is 22.1. The molecule has 10 heteroatoms. The van der Waals surface area contributed by atoms with Crippen LogP contribution in [0.2, 0.25) is 0 Å². The van der Waals surface area contributed by atoms with Gasteiger partial charge in [-0.2, -0.15) is 0 Å². The zero-order chi connectivity index (χ0) is 26.3. The second-order valence-corrected chi connectivity index (χ2v) is 11.0. The van der Waals surface area contributed by atoms with E-state index in [1.165, 1.54) is 4.31 Å². The van der Waals surface area contributed by atoms with E-state index in [2.05, 4.69) is 5.32 Å². The summed E-state index contributed by atoms with van der Waals surface area (Å²) in [5.41, 5.74) is 1.35. The number of sulfonamides is 1. The van der Waals surface area contributed by atoms with Gasteiger partial charge in [-0.05, 0) is 44.9 Å². The third kappa shape index (κ3) is 7.36. The van der Waals surface area contributed by atoms with Gasteiger partial charge in [0, 0.05) is 31.6 Å². The average Bonchev–Trinajstić information content (AvgIpc) is 2.83. The molecule has 0 saturated heterocycles. The van der Waals surface area contributed by atoms with E-state index in [4.69, 9.17) is 9.47 Å². The van der Waals surface area contributed by atoms with Crippen LogP contribution in [0.25, 0.3) is 0 Å². The van der Waals surface area contributed by atoms with Crippen molar-refractivity contribution in [2.24, 2.45) is 0 Å². The van der Waals surface area contributed by atoms with Crippen molar-refractivity contribution in [3.63, 3.8) is 0 Å². The van der Waals surface area contributed by atoms with Crippen molar-refractivity contribution in [3.05, 3.63) is 54.1 Å². The van der Waals surface area contributed by atoms with E-state index in [0.717, 1.165) is 11.8 Å². The van der Waals surface area contributed by atoms with Crippen LogP contribution >= 0.6 is 0 Å². The summed E-state index contributed by atoms with van der Waals surface area (Å²) in [4.78, 5) is 27.5. The minimum absolute atomic E-state index is 0.0528. The third-order valence-electron chi connectivity index (χ3n) is 5.76. The molecule has 1 N–H and O–H groups in total. The number of hydrogen-bond donors (Lipinski definition) is 1. The Hall–Kier alpha value is -3.27. The van der Waals surface area contributed by atoms with Crippen LogP contribution in [-0.2, 0) is 26.2 Å². The first-order chi connectivity index (χ1) is 17.1. The van der Waals surface area contributed by atoms with Gasteiger partial charge in [-0.3, -0.25) is 13.9 Å². The molecule has 0 fully saturated rings. The highest BCUT2D eigenvalue weighted by molar-refractivity contribution is 7.92. The van der Waals surface area contributed by atoms with Gasteiger partial charge in [-0.15, -0.1) is 0 Å². The summed E-state index contributed by atoms with van der Waals surface area (Å²) < 4.78 is 37.5. The van der Waals surface area contributed by atoms with Crippen molar-refractivity contribution in [3.8, 4) is 11.5 Å². The van der Waals surface area contributed by atoms with Gasteiger partial charge < -0.3 is 19.7 Å². The Balaban J connectivity index is 1.72. The molecule has 1 aliphatic heterocycles. The molecule has 196 valence electrons. The van der Waals surface area contributed by atoms with Crippen molar-refractivity contribution in [2.75, 3.05) is 30.3 Å². The van der Waals surface area contributed by atoms with Gasteiger partial charge in [0.2, 0.25) is 21.8 Å². The first-order valence-corrected chi connectivity index (χ1v) is 13.9. The summed E-state index contributed by atoms with van der Waals surface area (Å²) in [7, 11) is -3.61. The molecule has 0 spiro atoms. The summed E-state index contributed by atoms with van der Waals surface area (Å²) in [5.74, 6) is 0.602. The molecule has 9 nitrogen and oxygen atoms in total. The molecule has 36 heavy (non-hydrogen) atoms. The van der Waals surface area contributed by atoms with Crippen LogP contribution in [-0.4, -0.2) is 63.2 Å². The summed E-state index contributed by atoms with van der Waals surface area (Å²) in [6.45, 7) is 6.66. The lowest BCUT2D eigenvalue weighted by Gasteiger charge is -2.30. The second kappa shape index (κ2) is 12.1. The summed E-state index contributed by atoms with van der Waals surface area (Å²) in [6, 6.07) is 13.7. The van der Waals surface area contributed by atoms with Crippen LogP contribution < -0.4 is 19.1 Å². The maximum atomic E-state index is 13.3. The first-order valence-electron chi connectivity index (χ1n) is 12.1. The highest BCUT2D eigenvalue weighted by Crippen LogP contribution is 2.34. The molecule has 2 amide bonds. The van der Waals surface area contributed by atoms with Crippen LogP contribution in [0, 0.1) is 0 Å². The Morgan fingerprint density at radius 2 is 1.67 bits per heavy atom. The van der Waals surface area contributed by atoms with E-state index in [-0.39, 0.29) is 43.8 Å². The van der Waals surface area contributed by atoms with Crippen molar-refractivity contribution < 1.29 is 27.5 Å². The van der Waals surface area contributed by atoms with E-state index < -0.39 is 16.1 Å². The highest BCUT2D eigenvalue weighted by Gasteiger charge is 2.27. The fourth-order valence-corrected chi connectivity index (χ4v) is 4.92. The van der Waals surface area contributed by atoms with E-state index in [1.807, 2.05) is 44.2 Å². The number of carbonyl (C=O) groups excluding carboxylic acids is 2. The molecular weight excluding hydrogens is 482 g/mol. The molecule has 0 aromatic heterocycles. The van der Waals surface area contributed by atoms with Crippen molar-refractivity contribution in [1.82, 2.24) is 10.2 Å². The number of anilines is 1. The number of ether oxygens (including phenoxy) is 2. The minimum Gasteiger partial charge on any atom is -0.486 e. The van der Waals surface area contributed by atoms with Crippen LogP contribution in [0.5, 0.6) is 11.5 Å². The number of nitrogens with one attached hydrogen (secondary N) is 1. The van der Waals surface area contributed by atoms with Crippen LogP contribution in [0.1, 0.15) is 39.2 Å². The Labute approximate surface area is 213 Å². The molecule has 0 bridgehead atoms. The number of nitrogens with zero attached hydrogens (tertiary/aromatic N) is 2. The minimum atomic E-state index is -3.61. The fraction of sp³-hybridized carbons (Fsp3) is 0.462. The van der Waals surface area contributed by atoms with Gasteiger partial charge in [-0.1, -0.05) is 30.3 Å². The SMILES string of the molecule is CC(C)NC(=O)[C@@H](C)N(Cc1ccccc1)C(=O)CCCN(c1ccc2c(c1)OCCO2)S(C)(=O)=O. The predicted molar refractivity (Wildman–Crippen MR) is 139 cm³/mol.